The highest BCUT2D eigenvalue weighted by molar-refractivity contribution is 6.62. The highest BCUT2D eigenvalue weighted by Crippen LogP contribution is 2.36. The van der Waals surface area contributed by atoms with Crippen LogP contribution in [0.5, 0.6) is 0 Å². The smallest absolute Gasteiger partial charge is 0.399 e. The molecule has 0 N–H and O–H groups in total. The summed E-state index contributed by atoms with van der Waals surface area (Å²) in [5.41, 5.74) is 0.378. The highest BCUT2D eigenvalue weighted by atomic mass is 16.7. The van der Waals surface area contributed by atoms with E-state index in [-0.39, 0.29) is 18.3 Å². The molecule has 2 heterocycles. The fourth-order valence-electron chi connectivity index (χ4n) is 2.83. The first kappa shape index (κ1) is 17.3. The van der Waals surface area contributed by atoms with Crippen molar-refractivity contribution in [3.8, 4) is 0 Å². The Kier molecular flexibility index (Phi) is 4.60. The zero-order valence-electron chi connectivity index (χ0n) is 15.2. The molecule has 1 aromatic rings. The molecule has 0 amide bonds. The average Bonchev–Trinajstić information content (AvgIpc) is 2.58. The van der Waals surface area contributed by atoms with Crippen molar-refractivity contribution in [1.82, 2.24) is 4.98 Å². The van der Waals surface area contributed by atoms with Crippen molar-refractivity contribution >= 4 is 18.4 Å². The molecule has 1 aliphatic heterocycles. The van der Waals surface area contributed by atoms with Gasteiger partial charge in [0, 0.05) is 18.3 Å². The van der Waals surface area contributed by atoms with E-state index in [9.17, 15) is 0 Å². The van der Waals surface area contributed by atoms with Crippen molar-refractivity contribution in [2.45, 2.75) is 78.7 Å². The largest absolute Gasteiger partial charge is 0.495 e. The monoisotopic (exact) mass is 304 g/mol. The fraction of sp³-hybridized carbons (Fsp3) is 0.706. The maximum absolute atomic E-state index is 6.14. The molecule has 2 rings (SSSR count). The summed E-state index contributed by atoms with van der Waals surface area (Å²) in [5.74, 6) is 0.970. The van der Waals surface area contributed by atoms with E-state index in [1.807, 2.05) is 12.3 Å². The van der Waals surface area contributed by atoms with Gasteiger partial charge in [-0.05, 0) is 73.0 Å². The van der Waals surface area contributed by atoms with Gasteiger partial charge in [-0.1, -0.05) is 0 Å². The second kappa shape index (κ2) is 5.86. The standard InChI is InChI=1S/C17H29BN2O2/c1-12(2)20(13(3)4)15-11-14(9-10-19-15)18-21-16(5,6)17(7,8)22-18/h9-13H,1-8H3. The van der Waals surface area contributed by atoms with E-state index in [2.05, 4.69) is 71.3 Å². The van der Waals surface area contributed by atoms with Gasteiger partial charge in [-0.15, -0.1) is 0 Å². The second-order valence-corrected chi connectivity index (χ2v) is 7.63. The Morgan fingerprint density at radius 3 is 1.95 bits per heavy atom. The Bertz CT molecular complexity index is 505. The van der Waals surface area contributed by atoms with Gasteiger partial charge in [-0.2, -0.15) is 0 Å². The van der Waals surface area contributed by atoms with Crippen LogP contribution in [0.25, 0.3) is 0 Å². The Morgan fingerprint density at radius 2 is 1.50 bits per heavy atom. The molecular formula is C17H29BN2O2. The molecule has 1 aliphatic rings. The highest BCUT2D eigenvalue weighted by Gasteiger charge is 2.51. The molecule has 122 valence electrons. The molecule has 0 aromatic carbocycles. The molecule has 0 aliphatic carbocycles. The van der Waals surface area contributed by atoms with Gasteiger partial charge in [0.2, 0.25) is 0 Å². The minimum absolute atomic E-state index is 0.323. The van der Waals surface area contributed by atoms with Crippen molar-refractivity contribution in [3.63, 3.8) is 0 Å². The molecule has 0 spiro atoms. The third-order valence-electron chi connectivity index (χ3n) is 4.67. The van der Waals surface area contributed by atoms with Crippen molar-refractivity contribution < 1.29 is 9.31 Å². The number of aromatic nitrogens is 1. The van der Waals surface area contributed by atoms with Gasteiger partial charge in [-0.25, -0.2) is 4.98 Å². The zero-order valence-corrected chi connectivity index (χ0v) is 15.2. The minimum atomic E-state index is -0.340. The summed E-state index contributed by atoms with van der Waals surface area (Å²) < 4.78 is 12.3. The summed E-state index contributed by atoms with van der Waals surface area (Å²) in [6, 6.07) is 4.84. The van der Waals surface area contributed by atoms with Crippen LogP contribution in [0.4, 0.5) is 5.82 Å². The van der Waals surface area contributed by atoms with Gasteiger partial charge in [0.25, 0.3) is 0 Å². The number of hydrogen-bond donors (Lipinski definition) is 0. The normalized spacial score (nSPS) is 20.0. The Balaban J connectivity index is 2.30. The summed E-state index contributed by atoms with van der Waals surface area (Å²) in [7, 11) is -0.340. The molecular weight excluding hydrogens is 275 g/mol. The van der Waals surface area contributed by atoms with Crippen molar-refractivity contribution in [2.75, 3.05) is 4.90 Å². The SMILES string of the molecule is CC(C)N(c1cc(B2OC(C)(C)C(C)(C)O2)ccn1)C(C)C. The molecule has 5 heteroatoms. The van der Waals surface area contributed by atoms with Gasteiger partial charge < -0.3 is 14.2 Å². The van der Waals surface area contributed by atoms with E-state index in [1.54, 1.807) is 0 Å². The van der Waals surface area contributed by atoms with Crippen LogP contribution in [0.3, 0.4) is 0 Å². The predicted molar refractivity (Wildman–Crippen MR) is 92.7 cm³/mol. The van der Waals surface area contributed by atoms with Gasteiger partial charge >= 0.3 is 7.12 Å². The van der Waals surface area contributed by atoms with E-state index in [1.165, 1.54) is 0 Å². The fourth-order valence-corrected chi connectivity index (χ4v) is 2.83. The summed E-state index contributed by atoms with van der Waals surface area (Å²) in [6.07, 6.45) is 1.84. The van der Waals surface area contributed by atoms with E-state index < -0.39 is 0 Å². The van der Waals surface area contributed by atoms with Crippen molar-refractivity contribution in [2.24, 2.45) is 0 Å². The molecule has 0 unspecified atom stereocenters. The number of anilines is 1. The first-order valence-electron chi connectivity index (χ1n) is 8.15. The molecule has 0 atom stereocenters. The lowest BCUT2D eigenvalue weighted by atomic mass is 9.79. The molecule has 4 nitrogen and oxygen atoms in total. The third kappa shape index (κ3) is 3.16. The quantitative estimate of drug-likeness (QED) is 0.801. The predicted octanol–water partition coefficient (Wildman–Crippen LogP) is 3.00. The van der Waals surface area contributed by atoms with Crippen LogP contribution in [-0.4, -0.2) is 35.4 Å². The summed E-state index contributed by atoms with van der Waals surface area (Å²) >= 11 is 0. The lowest BCUT2D eigenvalue weighted by Gasteiger charge is -2.32. The molecule has 0 saturated carbocycles. The van der Waals surface area contributed by atoms with Crippen molar-refractivity contribution in [1.29, 1.82) is 0 Å². The van der Waals surface area contributed by atoms with Gasteiger partial charge in [0.1, 0.15) is 5.82 Å². The van der Waals surface area contributed by atoms with Crippen LogP contribution in [0.1, 0.15) is 55.4 Å². The lowest BCUT2D eigenvalue weighted by Crippen LogP contribution is -2.41. The van der Waals surface area contributed by atoms with Crippen LogP contribution < -0.4 is 10.4 Å². The van der Waals surface area contributed by atoms with Crippen LogP contribution in [0, 0.1) is 0 Å². The van der Waals surface area contributed by atoms with E-state index >= 15 is 0 Å². The molecule has 1 saturated heterocycles. The topological polar surface area (TPSA) is 34.6 Å². The number of pyridine rings is 1. The Labute approximate surface area is 135 Å². The van der Waals surface area contributed by atoms with Crippen LogP contribution in [0.15, 0.2) is 18.3 Å². The molecule has 1 aromatic heterocycles. The second-order valence-electron chi connectivity index (χ2n) is 7.63. The lowest BCUT2D eigenvalue weighted by molar-refractivity contribution is 0.00578. The van der Waals surface area contributed by atoms with Crippen molar-refractivity contribution in [3.05, 3.63) is 18.3 Å². The van der Waals surface area contributed by atoms with Gasteiger partial charge in [-0.3, -0.25) is 0 Å². The third-order valence-corrected chi connectivity index (χ3v) is 4.67. The molecule has 1 fully saturated rings. The van der Waals surface area contributed by atoms with E-state index in [0.29, 0.717) is 12.1 Å². The maximum atomic E-state index is 6.14. The van der Waals surface area contributed by atoms with Gasteiger partial charge in [0.05, 0.1) is 11.2 Å². The molecule has 22 heavy (non-hydrogen) atoms. The summed E-state index contributed by atoms with van der Waals surface area (Å²) in [4.78, 5) is 6.84. The molecule has 0 radical (unpaired) electrons. The summed E-state index contributed by atoms with van der Waals surface area (Å²) in [6.45, 7) is 17.0. The molecule has 0 bridgehead atoms. The Morgan fingerprint density at radius 1 is 1.00 bits per heavy atom. The number of rotatable bonds is 4. The van der Waals surface area contributed by atoms with Crippen LogP contribution in [-0.2, 0) is 9.31 Å². The maximum Gasteiger partial charge on any atom is 0.495 e. The number of nitrogens with zero attached hydrogens (tertiary/aromatic N) is 2. The van der Waals surface area contributed by atoms with E-state index in [4.69, 9.17) is 9.31 Å². The first-order chi connectivity index (χ1) is 10.0. The van der Waals surface area contributed by atoms with Crippen LogP contribution in [0.2, 0.25) is 0 Å². The van der Waals surface area contributed by atoms with Gasteiger partial charge in [0.15, 0.2) is 0 Å². The van der Waals surface area contributed by atoms with Crippen LogP contribution >= 0.6 is 0 Å². The zero-order chi connectivity index (χ0) is 16.7. The number of hydrogen-bond acceptors (Lipinski definition) is 4. The average molecular weight is 304 g/mol. The minimum Gasteiger partial charge on any atom is -0.399 e. The Hall–Kier alpha value is -1.07. The summed E-state index contributed by atoms with van der Waals surface area (Å²) in [5, 5.41) is 0. The first-order valence-corrected chi connectivity index (χ1v) is 8.15. The van der Waals surface area contributed by atoms with E-state index in [0.717, 1.165) is 11.3 Å².